The molecule has 2 heterocycles. The summed E-state index contributed by atoms with van der Waals surface area (Å²) in [7, 11) is 0. The number of carboxylic acid groups (broad SMARTS) is 1. The molecule has 0 aromatic carbocycles. The molecule has 6 heteroatoms. The Hall–Kier alpha value is -1.56. The van der Waals surface area contributed by atoms with Crippen LogP contribution in [0.5, 0.6) is 0 Å². The van der Waals surface area contributed by atoms with E-state index in [1.54, 1.807) is 32.1 Å². The molecule has 0 aliphatic carbocycles. The van der Waals surface area contributed by atoms with Crippen molar-refractivity contribution in [2.24, 2.45) is 5.41 Å². The Morgan fingerprint density at radius 3 is 2.71 bits per heavy atom. The van der Waals surface area contributed by atoms with Crippen LogP contribution in [0, 0.1) is 5.41 Å². The predicted octanol–water partition coefficient (Wildman–Crippen LogP) is 3.00. The lowest BCUT2D eigenvalue weighted by Crippen LogP contribution is -2.40. The van der Waals surface area contributed by atoms with E-state index in [-0.39, 0.29) is 6.54 Å². The van der Waals surface area contributed by atoms with Crippen LogP contribution in [0.25, 0.3) is 0 Å². The number of amides is 1. The number of thiophene rings is 1. The van der Waals surface area contributed by atoms with Crippen LogP contribution in [0.15, 0.2) is 17.5 Å². The molecular formula is C15H21NO4S. The van der Waals surface area contributed by atoms with Crippen molar-refractivity contribution >= 4 is 23.4 Å². The molecule has 1 amide bonds. The fourth-order valence-corrected chi connectivity index (χ4v) is 3.34. The summed E-state index contributed by atoms with van der Waals surface area (Å²) in [6.45, 7) is 6.03. The molecule has 2 rings (SSSR count). The first kappa shape index (κ1) is 15.8. The van der Waals surface area contributed by atoms with Gasteiger partial charge in [-0.05, 0) is 45.1 Å². The highest BCUT2D eigenvalue weighted by Crippen LogP contribution is 2.36. The molecule has 1 unspecified atom stereocenters. The van der Waals surface area contributed by atoms with Gasteiger partial charge in [-0.3, -0.25) is 4.79 Å². The lowest BCUT2D eigenvalue weighted by Gasteiger charge is -2.26. The average Bonchev–Trinajstić information content (AvgIpc) is 2.97. The first-order valence-electron chi connectivity index (χ1n) is 6.96. The monoisotopic (exact) mass is 311 g/mol. The number of ether oxygens (including phenoxy) is 1. The zero-order chi connectivity index (χ0) is 15.7. The number of hydrogen-bond donors (Lipinski definition) is 1. The van der Waals surface area contributed by atoms with Crippen molar-refractivity contribution in [2.75, 3.05) is 13.1 Å². The van der Waals surface area contributed by atoms with E-state index < -0.39 is 23.1 Å². The molecule has 0 saturated carbocycles. The topological polar surface area (TPSA) is 66.8 Å². The fraction of sp³-hybridized carbons (Fsp3) is 0.600. The second-order valence-electron chi connectivity index (χ2n) is 6.49. The highest BCUT2D eigenvalue weighted by Gasteiger charge is 2.47. The number of carbonyl (C=O) groups is 2. The van der Waals surface area contributed by atoms with Crippen LogP contribution in [-0.2, 0) is 16.0 Å². The lowest BCUT2D eigenvalue weighted by atomic mass is 9.83. The zero-order valence-corrected chi connectivity index (χ0v) is 13.4. The van der Waals surface area contributed by atoms with Crippen LogP contribution in [0.1, 0.15) is 32.1 Å². The van der Waals surface area contributed by atoms with Gasteiger partial charge in [0.2, 0.25) is 0 Å². The Labute approximate surface area is 128 Å². The standard InChI is InChI=1S/C15H21NO4S/c1-14(2,3)20-13(19)16-7-6-15(10-16,12(17)18)9-11-5-4-8-21-11/h4-5,8H,6-7,9-10H2,1-3H3,(H,17,18). The summed E-state index contributed by atoms with van der Waals surface area (Å²) in [6, 6.07) is 3.85. The van der Waals surface area contributed by atoms with Crippen LogP contribution < -0.4 is 0 Å². The Kier molecular flexibility index (Phi) is 4.27. The molecule has 1 aliphatic rings. The van der Waals surface area contributed by atoms with Gasteiger partial charge in [0.25, 0.3) is 0 Å². The molecule has 1 saturated heterocycles. The van der Waals surface area contributed by atoms with Gasteiger partial charge in [0.1, 0.15) is 5.60 Å². The summed E-state index contributed by atoms with van der Waals surface area (Å²) in [6.07, 6.45) is 0.482. The van der Waals surface area contributed by atoms with Gasteiger partial charge in [-0.25, -0.2) is 4.79 Å². The Morgan fingerprint density at radius 2 is 2.19 bits per heavy atom. The van der Waals surface area contributed by atoms with Crippen molar-refractivity contribution in [1.29, 1.82) is 0 Å². The smallest absolute Gasteiger partial charge is 0.410 e. The molecule has 1 aromatic rings. The largest absolute Gasteiger partial charge is 0.481 e. The minimum absolute atomic E-state index is 0.204. The second kappa shape index (κ2) is 5.67. The van der Waals surface area contributed by atoms with Gasteiger partial charge in [-0.1, -0.05) is 6.07 Å². The van der Waals surface area contributed by atoms with Crippen molar-refractivity contribution < 1.29 is 19.4 Å². The lowest BCUT2D eigenvalue weighted by molar-refractivity contribution is -0.148. The molecular weight excluding hydrogens is 290 g/mol. The van der Waals surface area contributed by atoms with Crippen LogP contribution in [0.2, 0.25) is 0 Å². The third-order valence-corrected chi connectivity index (χ3v) is 4.43. The number of likely N-dealkylation sites (tertiary alicyclic amines) is 1. The Balaban J connectivity index is 2.09. The molecule has 1 aliphatic heterocycles. The highest BCUT2D eigenvalue weighted by molar-refractivity contribution is 7.09. The molecule has 0 spiro atoms. The normalized spacial score (nSPS) is 22.3. The van der Waals surface area contributed by atoms with Crippen LogP contribution >= 0.6 is 11.3 Å². The van der Waals surface area contributed by atoms with E-state index in [1.807, 2.05) is 17.5 Å². The summed E-state index contributed by atoms with van der Waals surface area (Å²) >= 11 is 1.55. The summed E-state index contributed by atoms with van der Waals surface area (Å²) in [4.78, 5) is 26.4. The summed E-state index contributed by atoms with van der Waals surface area (Å²) in [5.74, 6) is -0.845. The minimum atomic E-state index is -0.901. The molecule has 21 heavy (non-hydrogen) atoms. The summed E-state index contributed by atoms with van der Waals surface area (Å²) in [5.41, 5.74) is -1.47. The molecule has 1 N–H and O–H groups in total. The average molecular weight is 311 g/mol. The number of aliphatic carboxylic acids is 1. The van der Waals surface area contributed by atoms with Gasteiger partial charge in [0.05, 0.1) is 5.41 Å². The molecule has 5 nitrogen and oxygen atoms in total. The molecule has 1 fully saturated rings. The van der Waals surface area contributed by atoms with Crippen molar-refractivity contribution in [3.05, 3.63) is 22.4 Å². The van der Waals surface area contributed by atoms with E-state index >= 15 is 0 Å². The van der Waals surface area contributed by atoms with E-state index in [0.717, 1.165) is 4.88 Å². The van der Waals surface area contributed by atoms with E-state index in [1.165, 1.54) is 4.90 Å². The van der Waals surface area contributed by atoms with Gasteiger partial charge < -0.3 is 14.7 Å². The number of rotatable bonds is 3. The van der Waals surface area contributed by atoms with E-state index in [2.05, 4.69) is 0 Å². The number of carboxylic acids is 1. The maximum Gasteiger partial charge on any atom is 0.410 e. The van der Waals surface area contributed by atoms with Crippen molar-refractivity contribution in [3.8, 4) is 0 Å². The van der Waals surface area contributed by atoms with E-state index in [9.17, 15) is 14.7 Å². The molecule has 0 radical (unpaired) electrons. The third-order valence-electron chi connectivity index (χ3n) is 3.55. The second-order valence-corrected chi connectivity index (χ2v) is 7.53. The van der Waals surface area contributed by atoms with Crippen molar-refractivity contribution in [2.45, 2.75) is 39.2 Å². The van der Waals surface area contributed by atoms with Gasteiger partial charge >= 0.3 is 12.1 Å². The maximum absolute atomic E-state index is 12.1. The zero-order valence-electron chi connectivity index (χ0n) is 12.6. The minimum Gasteiger partial charge on any atom is -0.481 e. The number of hydrogen-bond acceptors (Lipinski definition) is 4. The molecule has 1 aromatic heterocycles. The first-order valence-corrected chi connectivity index (χ1v) is 7.84. The highest BCUT2D eigenvalue weighted by atomic mass is 32.1. The Morgan fingerprint density at radius 1 is 1.48 bits per heavy atom. The van der Waals surface area contributed by atoms with Crippen LogP contribution in [0.4, 0.5) is 4.79 Å². The number of carbonyl (C=O) groups excluding carboxylic acids is 1. The number of nitrogens with zero attached hydrogens (tertiary/aromatic N) is 1. The summed E-state index contributed by atoms with van der Waals surface area (Å²) in [5, 5.41) is 11.6. The van der Waals surface area contributed by atoms with Crippen LogP contribution in [-0.4, -0.2) is 40.8 Å². The maximum atomic E-state index is 12.1. The van der Waals surface area contributed by atoms with E-state index in [4.69, 9.17) is 4.74 Å². The summed E-state index contributed by atoms with van der Waals surface area (Å²) < 4.78 is 5.33. The van der Waals surface area contributed by atoms with Crippen LogP contribution in [0.3, 0.4) is 0 Å². The molecule has 1 atom stereocenters. The predicted molar refractivity (Wildman–Crippen MR) is 80.5 cm³/mol. The third kappa shape index (κ3) is 3.75. The van der Waals surface area contributed by atoms with Crippen molar-refractivity contribution in [3.63, 3.8) is 0 Å². The first-order chi connectivity index (χ1) is 9.72. The SMILES string of the molecule is CC(C)(C)OC(=O)N1CCC(Cc2cccs2)(C(=O)O)C1. The quantitative estimate of drug-likeness (QED) is 0.932. The Bertz CT molecular complexity index is 520. The fourth-order valence-electron chi connectivity index (χ4n) is 2.50. The molecule has 0 bridgehead atoms. The van der Waals surface area contributed by atoms with Gasteiger partial charge in [-0.2, -0.15) is 0 Å². The van der Waals surface area contributed by atoms with Gasteiger partial charge in [-0.15, -0.1) is 11.3 Å². The van der Waals surface area contributed by atoms with Crippen molar-refractivity contribution in [1.82, 2.24) is 4.90 Å². The van der Waals surface area contributed by atoms with E-state index in [0.29, 0.717) is 19.4 Å². The molecule has 116 valence electrons. The van der Waals surface area contributed by atoms with Gasteiger partial charge in [0, 0.05) is 18.0 Å². The van der Waals surface area contributed by atoms with Gasteiger partial charge in [0.15, 0.2) is 0 Å².